The smallest absolute Gasteiger partial charge is 0.285 e. The van der Waals surface area contributed by atoms with Crippen molar-refractivity contribution in [2.45, 2.75) is 13.8 Å². The number of aliphatic imine (C=N–C) groups is 2. The number of pyridine rings is 1. The van der Waals surface area contributed by atoms with Gasteiger partial charge in [-0.3, -0.25) is 15.0 Å². The molecule has 1 aromatic heterocycles. The number of hydrogen-bond acceptors (Lipinski definition) is 5. The van der Waals surface area contributed by atoms with Crippen LogP contribution in [0.5, 0.6) is 0 Å². The first kappa shape index (κ1) is 19.0. The van der Waals surface area contributed by atoms with E-state index < -0.39 is 5.91 Å². The molecule has 0 aliphatic carbocycles. The number of carbonyl (C=O) groups excluding carboxylic acids is 1. The summed E-state index contributed by atoms with van der Waals surface area (Å²) in [6.45, 7) is 4.10. The molecule has 3 heterocycles. The van der Waals surface area contributed by atoms with E-state index in [1.807, 2.05) is 19.9 Å². The van der Waals surface area contributed by atoms with E-state index in [0.717, 1.165) is 37.8 Å². The second-order valence-corrected chi connectivity index (χ2v) is 7.71. The summed E-state index contributed by atoms with van der Waals surface area (Å²) in [6.07, 6.45) is 9.85. The van der Waals surface area contributed by atoms with Crippen molar-refractivity contribution < 1.29 is 10.0 Å². The fourth-order valence-corrected chi connectivity index (χ4v) is 3.84. The maximum absolute atomic E-state index is 12.6. The third-order valence-electron chi connectivity index (χ3n) is 4.32. The quantitative estimate of drug-likeness (QED) is 0.790. The Morgan fingerprint density at radius 3 is 2.52 bits per heavy atom. The number of hydrogen-bond donors (Lipinski definition) is 1. The van der Waals surface area contributed by atoms with Crippen molar-refractivity contribution in [1.29, 1.82) is 0 Å². The lowest BCUT2D eigenvalue weighted by Crippen LogP contribution is -2.04. The molecule has 6 nitrogen and oxygen atoms in total. The highest BCUT2D eigenvalue weighted by Crippen LogP contribution is 2.29. The molecule has 1 aromatic carbocycles. The molecule has 0 saturated carbocycles. The molecule has 0 fully saturated rings. The van der Waals surface area contributed by atoms with Crippen LogP contribution in [0, 0.1) is 13.8 Å². The van der Waals surface area contributed by atoms with Crippen LogP contribution in [0.3, 0.4) is 0 Å². The van der Waals surface area contributed by atoms with Crippen LogP contribution in [0.25, 0.3) is 11.1 Å². The van der Waals surface area contributed by atoms with E-state index in [2.05, 4.69) is 33.2 Å². The number of benzene rings is 1. The highest BCUT2D eigenvalue weighted by molar-refractivity contribution is 8.18. The third-order valence-corrected chi connectivity index (χ3v) is 5.26. The minimum Gasteiger partial charge on any atom is -0.285 e. The Morgan fingerprint density at radius 1 is 1.07 bits per heavy atom. The molecule has 2 aliphatic rings. The highest BCUT2D eigenvalue weighted by Gasteiger charge is 2.17. The number of allylic oxidation sites excluding steroid dienone is 4. The van der Waals surface area contributed by atoms with E-state index in [1.54, 1.807) is 30.6 Å². The minimum atomic E-state index is -0.432. The topological polar surface area (TPSA) is 78.2 Å². The number of aromatic nitrogens is 1. The van der Waals surface area contributed by atoms with E-state index >= 15 is 0 Å². The van der Waals surface area contributed by atoms with Crippen LogP contribution in [0.4, 0.5) is 0 Å². The van der Waals surface area contributed by atoms with Gasteiger partial charge in [-0.15, -0.1) is 0 Å². The monoisotopic (exact) mass is 402 g/mol. The normalized spacial score (nSPS) is 16.9. The number of nitrogens with zero attached hydrogens (tertiary/aromatic N) is 4. The molecule has 29 heavy (non-hydrogen) atoms. The molecule has 0 spiro atoms. The van der Waals surface area contributed by atoms with Crippen LogP contribution in [-0.2, 0) is 0 Å². The van der Waals surface area contributed by atoms with Crippen LogP contribution in [0.1, 0.15) is 21.6 Å². The van der Waals surface area contributed by atoms with Crippen LogP contribution < -0.4 is 0 Å². The van der Waals surface area contributed by atoms with Gasteiger partial charge in [-0.25, -0.2) is 10.1 Å². The number of thioether (sulfide) groups is 1. The predicted molar refractivity (Wildman–Crippen MR) is 116 cm³/mol. The summed E-state index contributed by atoms with van der Waals surface area (Å²) in [5, 5.41) is 10.7. The molecular formula is C22H18N4O2S. The molecule has 2 aromatic rings. The lowest BCUT2D eigenvalue weighted by Gasteiger charge is -2.10. The number of aryl methyl sites for hydroxylation is 2. The molecule has 0 radical (unpaired) electrons. The van der Waals surface area contributed by atoms with E-state index in [0.29, 0.717) is 5.17 Å². The lowest BCUT2D eigenvalue weighted by molar-refractivity contribution is 0.0105. The Kier molecular flexibility index (Phi) is 5.24. The molecule has 0 atom stereocenters. The summed E-state index contributed by atoms with van der Waals surface area (Å²) in [4.78, 5) is 26.0. The molecule has 1 N–H and O–H groups in total. The third kappa shape index (κ3) is 4.42. The van der Waals surface area contributed by atoms with Crippen molar-refractivity contribution in [2.24, 2.45) is 9.98 Å². The van der Waals surface area contributed by atoms with E-state index in [4.69, 9.17) is 0 Å². The van der Waals surface area contributed by atoms with E-state index in [1.165, 1.54) is 24.2 Å². The average Bonchev–Trinajstić information content (AvgIpc) is 3.16. The Morgan fingerprint density at radius 2 is 1.79 bits per heavy atom. The summed E-state index contributed by atoms with van der Waals surface area (Å²) < 4.78 is 0. The number of amides is 1. The summed E-state index contributed by atoms with van der Waals surface area (Å²) in [7, 11) is 0. The molecule has 0 unspecified atom stereocenters. The molecule has 7 heteroatoms. The number of rotatable bonds is 2. The van der Waals surface area contributed by atoms with Gasteiger partial charge in [0.2, 0.25) is 0 Å². The highest BCUT2D eigenvalue weighted by atomic mass is 32.2. The Bertz CT molecular complexity index is 1110. The molecule has 4 rings (SSSR count). The maximum Gasteiger partial charge on any atom is 0.298 e. The summed E-state index contributed by atoms with van der Waals surface area (Å²) in [5.41, 5.74) is 5.46. The molecule has 144 valence electrons. The van der Waals surface area contributed by atoms with Crippen molar-refractivity contribution in [2.75, 3.05) is 0 Å². The van der Waals surface area contributed by atoms with Crippen LogP contribution in [0.15, 0.2) is 81.5 Å². The van der Waals surface area contributed by atoms with Crippen molar-refractivity contribution in [3.05, 3.63) is 88.4 Å². The van der Waals surface area contributed by atoms with Gasteiger partial charge in [0.05, 0.1) is 0 Å². The van der Waals surface area contributed by atoms with E-state index in [-0.39, 0.29) is 5.69 Å². The van der Waals surface area contributed by atoms with Gasteiger partial charge in [0.1, 0.15) is 5.69 Å². The molecule has 0 bridgehead atoms. The first-order chi connectivity index (χ1) is 14.0. The maximum atomic E-state index is 12.6. The van der Waals surface area contributed by atoms with Crippen molar-refractivity contribution in [1.82, 2.24) is 10.0 Å². The average molecular weight is 402 g/mol. The van der Waals surface area contributed by atoms with Gasteiger partial charge in [-0.05, 0) is 66.6 Å². The molecule has 2 aliphatic heterocycles. The van der Waals surface area contributed by atoms with Gasteiger partial charge in [-0.1, -0.05) is 29.3 Å². The lowest BCUT2D eigenvalue weighted by atomic mass is 10.0. The summed E-state index contributed by atoms with van der Waals surface area (Å²) in [6, 6.07) is 9.91. The summed E-state index contributed by atoms with van der Waals surface area (Å²) in [5.74, 6) is -0.432. The Hall–Kier alpha value is -3.29. The number of carbonyl (C=O) groups is 1. The zero-order chi connectivity index (χ0) is 20.4. The fraction of sp³-hybridized carbons (Fsp3) is 0.0909. The standard InChI is InChI=1S/C22H18N4O2S/c1-14-9-15(2)11-18(10-14)17-3-6-23-19(12-17)21(27)25-22-24-13-20(29-22)16-4-7-26(28)8-5-16/h3-13,28H,1-2H3. The van der Waals surface area contributed by atoms with Gasteiger partial charge in [0, 0.05) is 29.7 Å². The fourth-order valence-electron chi connectivity index (χ4n) is 3.05. The Labute approximate surface area is 172 Å². The predicted octanol–water partition coefficient (Wildman–Crippen LogP) is 4.67. The number of hydroxylamine groups is 2. The van der Waals surface area contributed by atoms with Crippen LogP contribution in [-0.4, -0.2) is 32.5 Å². The van der Waals surface area contributed by atoms with Gasteiger partial charge >= 0.3 is 0 Å². The molecule has 0 saturated heterocycles. The zero-order valence-corrected chi connectivity index (χ0v) is 16.7. The van der Waals surface area contributed by atoms with Crippen LogP contribution in [0.2, 0.25) is 0 Å². The first-order valence-electron chi connectivity index (χ1n) is 8.95. The van der Waals surface area contributed by atoms with Crippen molar-refractivity contribution in [3.8, 4) is 11.1 Å². The largest absolute Gasteiger partial charge is 0.298 e. The van der Waals surface area contributed by atoms with E-state index in [9.17, 15) is 10.0 Å². The molecule has 1 amide bonds. The van der Waals surface area contributed by atoms with Crippen molar-refractivity contribution >= 4 is 29.1 Å². The minimum absolute atomic E-state index is 0.277. The second-order valence-electron chi connectivity index (χ2n) is 6.70. The molecular weight excluding hydrogens is 384 g/mol. The van der Waals surface area contributed by atoms with Gasteiger partial charge in [0.25, 0.3) is 5.91 Å². The van der Waals surface area contributed by atoms with Crippen LogP contribution >= 0.6 is 11.8 Å². The van der Waals surface area contributed by atoms with Gasteiger partial charge in [-0.2, -0.15) is 4.99 Å². The summed E-state index contributed by atoms with van der Waals surface area (Å²) >= 11 is 1.30. The van der Waals surface area contributed by atoms with Crippen molar-refractivity contribution in [3.63, 3.8) is 0 Å². The second kappa shape index (κ2) is 7.98. The SMILES string of the molecule is Cc1cc(C)cc(-c2ccnc(C(=O)N=C3N=CC(=C4C=CN(O)C=C4)S3)c2)c1. The van der Waals surface area contributed by atoms with Gasteiger partial charge in [0.15, 0.2) is 5.17 Å². The zero-order valence-electron chi connectivity index (χ0n) is 15.9. The van der Waals surface area contributed by atoms with Gasteiger partial charge < -0.3 is 0 Å². The number of amidine groups is 1. The first-order valence-corrected chi connectivity index (χ1v) is 9.77. The Balaban J connectivity index is 1.55.